The summed E-state index contributed by atoms with van der Waals surface area (Å²) in [6, 6.07) is 9.67. The molecule has 26 heavy (non-hydrogen) atoms. The molecule has 4 rings (SSSR count). The molecule has 5 unspecified atom stereocenters. The number of nitrogens with zero attached hydrogens (tertiary/aromatic N) is 1. The summed E-state index contributed by atoms with van der Waals surface area (Å²) in [4.78, 5) is 14.3. The van der Waals surface area contributed by atoms with Gasteiger partial charge in [0, 0.05) is 13.0 Å². The fourth-order valence-corrected chi connectivity index (χ4v) is 4.45. The lowest BCUT2D eigenvalue weighted by Crippen LogP contribution is -2.56. The predicted octanol–water partition coefficient (Wildman–Crippen LogP) is 1.70. The van der Waals surface area contributed by atoms with Gasteiger partial charge in [-0.3, -0.25) is 4.79 Å². The lowest BCUT2D eigenvalue weighted by atomic mass is 9.84. The molecule has 3 fully saturated rings. The van der Waals surface area contributed by atoms with Crippen LogP contribution in [0.25, 0.3) is 0 Å². The van der Waals surface area contributed by atoms with Gasteiger partial charge < -0.3 is 24.2 Å². The minimum Gasteiger partial charge on any atom is -0.391 e. The van der Waals surface area contributed by atoms with E-state index in [1.54, 1.807) is 4.90 Å². The number of amides is 1. The van der Waals surface area contributed by atoms with Crippen LogP contribution in [0.15, 0.2) is 30.3 Å². The number of piperidine rings is 1. The lowest BCUT2D eigenvalue weighted by molar-refractivity contribution is -0.181. The lowest BCUT2D eigenvalue weighted by Gasteiger charge is -2.41. The molecule has 3 aliphatic heterocycles. The first-order chi connectivity index (χ1) is 12.4. The van der Waals surface area contributed by atoms with Gasteiger partial charge in [-0.15, -0.1) is 0 Å². The maximum Gasteiger partial charge on any atom is 0.223 e. The van der Waals surface area contributed by atoms with Gasteiger partial charge in [0.25, 0.3) is 0 Å². The van der Waals surface area contributed by atoms with E-state index < -0.39 is 11.9 Å². The quantitative estimate of drug-likeness (QED) is 0.809. The molecule has 1 aromatic rings. The van der Waals surface area contributed by atoms with Crippen LogP contribution in [0.5, 0.6) is 0 Å². The minimum absolute atomic E-state index is 0.0766. The van der Waals surface area contributed by atoms with Crippen molar-refractivity contribution in [3.63, 3.8) is 0 Å². The van der Waals surface area contributed by atoms with E-state index in [4.69, 9.17) is 14.2 Å². The number of hydrogen-bond donors (Lipinski definition) is 1. The Morgan fingerprint density at radius 2 is 2.04 bits per heavy atom. The highest BCUT2D eigenvalue weighted by Crippen LogP contribution is 2.42. The van der Waals surface area contributed by atoms with Crippen LogP contribution in [0.4, 0.5) is 0 Å². The molecule has 5 atom stereocenters. The molecule has 0 aliphatic carbocycles. The Kier molecular flexibility index (Phi) is 4.77. The Labute approximate surface area is 154 Å². The second-order valence-corrected chi connectivity index (χ2v) is 7.96. The molecule has 0 bridgehead atoms. The summed E-state index contributed by atoms with van der Waals surface area (Å²) in [6.45, 7) is 5.33. The van der Waals surface area contributed by atoms with Gasteiger partial charge in [-0.2, -0.15) is 0 Å². The fourth-order valence-electron chi connectivity index (χ4n) is 4.45. The van der Waals surface area contributed by atoms with Gasteiger partial charge in [0.05, 0.1) is 25.3 Å². The summed E-state index contributed by atoms with van der Waals surface area (Å²) in [5.74, 6) is -0.686. The highest BCUT2D eigenvalue weighted by Gasteiger charge is 2.58. The van der Waals surface area contributed by atoms with Gasteiger partial charge >= 0.3 is 0 Å². The fraction of sp³-hybridized carbons (Fsp3) is 0.650. The molecule has 142 valence electrons. The van der Waals surface area contributed by atoms with Crippen LogP contribution in [0.2, 0.25) is 0 Å². The Morgan fingerprint density at radius 3 is 2.81 bits per heavy atom. The number of aliphatic hydroxyl groups is 1. The predicted molar refractivity (Wildman–Crippen MR) is 94.2 cm³/mol. The van der Waals surface area contributed by atoms with E-state index in [0.717, 1.165) is 5.56 Å². The van der Waals surface area contributed by atoms with Crippen LogP contribution in [0.1, 0.15) is 32.3 Å². The van der Waals surface area contributed by atoms with E-state index in [1.165, 1.54) is 0 Å². The van der Waals surface area contributed by atoms with Crippen molar-refractivity contribution in [3.8, 4) is 0 Å². The molecule has 0 saturated carbocycles. The molecule has 1 aromatic carbocycles. The molecule has 3 aliphatic rings. The first-order valence-electron chi connectivity index (χ1n) is 9.39. The van der Waals surface area contributed by atoms with E-state index in [9.17, 15) is 9.90 Å². The van der Waals surface area contributed by atoms with Gasteiger partial charge in [0.2, 0.25) is 5.91 Å². The average Bonchev–Trinajstić information content (AvgIpc) is 3.09. The van der Waals surface area contributed by atoms with E-state index >= 15 is 0 Å². The summed E-state index contributed by atoms with van der Waals surface area (Å²) >= 11 is 0. The summed E-state index contributed by atoms with van der Waals surface area (Å²) < 4.78 is 17.6. The summed E-state index contributed by atoms with van der Waals surface area (Å²) in [5.41, 5.74) is 1.12. The largest absolute Gasteiger partial charge is 0.391 e. The van der Waals surface area contributed by atoms with Gasteiger partial charge in [0.15, 0.2) is 5.79 Å². The van der Waals surface area contributed by atoms with Crippen LogP contribution in [0, 0.1) is 5.92 Å². The number of hydrogen-bond acceptors (Lipinski definition) is 5. The van der Waals surface area contributed by atoms with Crippen molar-refractivity contribution in [1.29, 1.82) is 0 Å². The zero-order valence-corrected chi connectivity index (χ0v) is 15.3. The van der Waals surface area contributed by atoms with E-state index in [1.807, 2.05) is 44.2 Å². The van der Waals surface area contributed by atoms with E-state index in [-0.39, 0.29) is 30.1 Å². The topological polar surface area (TPSA) is 68.2 Å². The molecule has 0 spiro atoms. The van der Waals surface area contributed by atoms with Gasteiger partial charge in [-0.05, 0) is 31.7 Å². The molecule has 6 nitrogen and oxygen atoms in total. The Morgan fingerprint density at radius 1 is 1.27 bits per heavy atom. The van der Waals surface area contributed by atoms with Crippen LogP contribution in [0.3, 0.4) is 0 Å². The molecule has 1 N–H and O–H groups in total. The maximum absolute atomic E-state index is 12.5. The number of carbonyl (C=O) groups is 1. The van der Waals surface area contributed by atoms with Crippen molar-refractivity contribution in [2.75, 3.05) is 13.2 Å². The number of rotatable bonds is 5. The molecule has 0 aromatic heterocycles. The average molecular weight is 361 g/mol. The molecule has 1 amide bonds. The van der Waals surface area contributed by atoms with Gasteiger partial charge in [-0.25, -0.2) is 0 Å². The molecule has 0 radical (unpaired) electrons. The van der Waals surface area contributed by atoms with Crippen molar-refractivity contribution in [2.24, 2.45) is 5.92 Å². The molecular weight excluding hydrogens is 334 g/mol. The zero-order valence-electron chi connectivity index (χ0n) is 15.3. The number of aliphatic hydroxyl groups excluding tert-OH is 1. The number of ether oxygens (including phenoxy) is 3. The maximum atomic E-state index is 12.5. The molecule has 3 saturated heterocycles. The summed E-state index contributed by atoms with van der Waals surface area (Å²) in [5, 5.41) is 10.9. The van der Waals surface area contributed by atoms with Crippen molar-refractivity contribution in [1.82, 2.24) is 4.90 Å². The Balaban J connectivity index is 1.34. The Bertz CT molecular complexity index is 649. The molecule has 6 heteroatoms. The van der Waals surface area contributed by atoms with Crippen LogP contribution < -0.4 is 0 Å². The Hall–Kier alpha value is -1.47. The smallest absolute Gasteiger partial charge is 0.223 e. The molecule has 3 heterocycles. The number of carbonyl (C=O) groups excluding carboxylic acids is 1. The normalized spacial score (nSPS) is 35.4. The second kappa shape index (κ2) is 6.93. The van der Waals surface area contributed by atoms with Crippen molar-refractivity contribution in [3.05, 3.63) is 35.9 Å². The number of benzene rings is 1. The van der Waals surface area contributed by atoms with Gasteiger partial charge in [-0.1, -0.05) is 30.3 Å². The minimum atomic E-state index is -0.657. The third-order valence-electron chi connectivity index (χ3n) is 5.63. The van der Waals surface area contributed by atoms with E-state index in [0.29, 0.717) is 32.6 Å². The zero-order chi connectivity index (χ0) is 18.3. The van der Waals surface area contributed by atoms with Crippen LogP contribution in [-0.4, -0.2) is 59.2 Å². The van der Waals surface area contributed by atoms with Crippen molar-refractivity contribution in [2.45, 2.75) is 63.4 Å². The standard InChI is InChI=1S/C20H27NO5/c1-20(2)25-15-11-21-16(22)10-14(18(23)17(21)19(15)26-20)8-9-24-12-13-6-4-3-5-7-13/h3-7,14-15,17-19,23H,8-12H2,1-2H3. The SMILES string of the molecule is CC1(C)OC2CN3C(=O)CC(CCOCc4ccccc4)C(O)C3C2O1. The number of fused-ring (bicyclic) bond motifs is 3. The van der Waals surface area contributed by atoms with E-state index in [2.05, 4.69) is 0 Å². The third kappa shape index (κ3) is 3.39. The monoisotopic (exact) mass is 361 g/mol. The second-order valence-electron chi connectivity index (χ2n) is 7.96. The third-order valence-corrected chi connectivity index (χ3v) is 5.63. The van der Waals surface area contributed by atoms with Crippen LogP contribution in [-0.2, 0) is 25.6 Å². The summed E-state index contributed by atoms with van der Waals surface area (Å²) in [6.07, 6.45) is 0.000159. The highest BCUT2D eigenvalue weighted by atomic mass is 16.8. The van der Waals surface area contributed by atoms with Crippen LogP contribution >= 0.6 is 0 Å². The summed E-state index contributed by atoms with van der Waals surface area (Å²) in [7, 11) is 0. The first-order valence-corrected chi connectivity index (χ1v) is 9.39. The molecular formula is C20H27NO5. The van der Waals surface area contributed by atoms with Gasteiger partial charge in [0.1, 0.15) is 12.2 Å². The first kappa shape index (κ1) is 17.9. The van der Waals surface area contributed by atoms with Crippen molar-refractivity contribution < 1.29 is 24.1 Å². The van der Waals surface area contributed by atoms with Crippen molar-refractivity contribution >= 4 is 5.91 Å². The highest BCUT2D eigenvalue weighted by molar-refractivity contribution is 5.78.